The van der Waals surface area contributed by atoms with Crippen LogP contribution in [0.15, 0.2) is 40.4 Å². The molecule has 0 fully saturated rings. The summed E-state index contributed by atoms with van der Waals surface area (Å²) in [5.74, 6) is 0. The molecule has 0 aliphatic rings. The van der Waals surface area contributed by atoms with E-state index < -0.39 is 0 Å². The van der Waals surface area contributed by atoms with Gasteiger partial charge in [-0.3, -0.25) is 5.10 Å². The quantitative estimate of drug-likeness (QED) is 0.575. The number of aromatic amines is 1. The molecule has 18 heavy (non-hydrogen) atoms. The van der Waals surface area contributed by atoms with Gasteiger partial charge in [-0.2, -0.15) is 10.1 Å². The molecular weight excluding hydrogens is 268 g/mol. The van der Waals surface area contributed by atoms with Crippen molar-refractivity contribution in [3.63, 3.8) is 0 Å². The summed E-state index contributed by atoms with van der Waals surface area (Å²) in [6.07, 6.45) is 1.71. The number of aryl methyl sites for hydroxylation is 1. The summed E-state index contributed by atoms with van der Waals surface area (Å²) >= 11 is 7.47. The second-order valence-electron chi connectivity index (χ2n) is 3.80. The van der Waals surface area contributed by atoms with Gasteiger partial charge < -0.3 is 0 Å². The molecule has 0 bridgehead atoms. The van der Waals surface area contributed by atoms with Gasteiger partial charge in [0.2, 0.25) is 5.28 Å². The number of fused-ring (bicyclic) bond motifs is 1. The van der Waals surface area contributed by atoms with Gasteiger partial charge in [0.15, 0.2) is 5.65 Å². The van der Waals surface area contributed by atoms with Gasteiger partial charge in [-0.05, 0) is 30.2 Å². The molecule has 1 N–H and O–H groups in total. The third-order valence-electron chi connectivity index (χ3n) is 2.55. The molecule has 0 saturated carbocycles. The van der Waals surface area contributed by atoms with E-state index in [9.17, 15) is 0 Å². The van der Waals surface area contributed by atoms with Crippen LogP contribution in [0.4, 0.5) is 0 Å². The van der Waals surface area contributed by atoms with E-state index in [-0.39, 0.29) is 5.28 Å². The fourth-order valence-electron chi connectivity index (χ4n) is 1.64. The molecule has 2 heterocycles. The molecule has 0 radical (unpaired) electrons. The molecule has 3 rings (SSSR count). The summed E-state index contributed by atoms with van der Waals surface area (Å²) in [5, 5.41) is 8.69. The number of benzene rings is 1. The number of hydrogen-bond donors (Lipinski definition) is 1. The molecular formula is C12H9ClN4S. The maximum Gasteiger partial charge on any atom is 0.225 e. The molecule has 0 spiro atoms. The first-order chi connectivity index (χ1) is 8.74. The zero-order chi connectivity index (χ0) is 12.5. The molecule has 0 aliphatic carbocycles. The van der Waals surface area contributed by atoms with E-state index in [1.165, 1.54) is 5.56 Å². The first-order valence-electron chi connectivity index (χ1n) is 5.34. The standard InChI is InChI=1S/C12H9ClN4S/c1-7-4-2-3-5-9(7)18-11-8-6-14-17-10(8)15-12(13)16-11/h2-6H,1H3,(H,14,15,16,17). The van der Waals surface area contributed by atoms with E-state index >= 15 is 0 Å². The third-order valence-corrected chi connectivity index (χ3v) is 3.90. The van der Waals surface area contributed by atoms with E-state index in [1.807, 2.05) is 12.1 Å². The minimum atomic E-state index is 0.225. The van der Waals surface area contributed by atoms with E-state index in [0.29, 0.717) is 5.65 Å². The zero-order valence-electron chi connectivity index (χ0n) is 9.51. The molecule has 2 aromatic heterocycles. The highest BCUT2D eigenvalue weighted by atomic mass is 35.5. The van der Waals surface area contributed by atoms with Gasteiger partial charge in [0.25, 0.3) is 0 Å². The van der Waals surface area contributed by atoms with E-state index in [0.717, 1.165) is 15.3 Å². The minimum Gasteiger partial charge on any atom is -0.261 e. The van der Waals surface area contributed by atoms with Crippen molar-refractivity contribution >= 4 is 34.4 Å². The fraction of sp³-hybridized carbons (Fsp3) is 0.0833. The largest absolute Gasteiger partial charge is 0.261 e. The van der Waals surface area contributed by atoms with Crippen LogP contribution in [-0.4, -0.2) is 20.2 Å². The predicted molar refractivity (Wildman–Crippen MR) is 72.0 cm³/mol. The summed E-state index contributed by atoms with van der Waals surface area (Å²) in [5.41, 5.74) is 1.86. The Balaban J connectivity index is 2.10. The van der Waals surface area contributed by atoms with Gasteiger partial charge in [-0.15, -0.1) is 0 Å². The van der Waals surface area contributed by atoms with Crippen molar-refractivity contribution in [3.05, 3.63) is 41.3 Å². The summed E-state index contributed by atoms with van der Waals surface area (Å²) in [6.45, 7) is 2.07. The van der Waals surface area contributed by atoms with Gasteiger partial charge in [0, 0.05) is 4.90 Å². The molecule has 0 amide bonds. The summed E-state index contributed by atoms with van der Waals surface area (Å²) in [6, 6.07) is 8.14. The Morgan fingerprint density at radius 1 is 1.22 bits per heavy atom. The third kappa shape index (κ3) is 2.07. The average Bonchev–Trinajstić information content (AvgIpc) is 2.80. The Hall–Kier alpha value is -1.59. The molecule has 0 aliphatic heterocycles. The molecule has 4 nitrogen and oxygen atoms in total. The second-order valence-corrected chi connectivity index (χ2v) is 5.17. The van der Waals surface area contributed by atoms with Crippen LogP contribution >= 0.6 is 23.4 Å². The number of nitrogens with zero attached hydrogens (tertiary/aromatic N) is 3. The van der Waals surface area contributed by atoms with Crippen LogP contribution < -0.4 is 0 Å². The highest BCUT2D eigenvalue weighted by Gasteiger charge is 2.10. The first-order valence-corrected chi connectivity index (χ1v) is 6.53. The van der Waals surface area contributed by atoms with Crippen molar-refractivity contribution in [2.45, 2.75) is 16.8 Å². The Labute approximate surface area is 113 Å². The Morgan fingerprint density at radius 3 is 2.89 bits per heavy atom. The highest BCUT2D eigenvalue weighted by Crippen LogP contribution is 2.33. The topological polar surface area (TPSA) is 54.5 Å². The number of halogens is 1. The maximum atomic E-state index is 5.90. The van der Waals surface area contributed by atoms with E-state index in [2.05, 4.69) is 39.2 Å². The van der Waals surface area contributed by atoms with Crippen molar-refractivity contribution in [2.24, 2.45) is 0 Å². The molecule has 1 aromatic carbocycles. The van der Waals surface area contributed by atoms with Crippen molar-refractivity contribution < 1.29 is 0 Å². The van der Waals surface area contributed by atoms with Gasteiger partial charge in [-0.25, -0.2) is 4.98 Å². The molecule has 0 unspecified atom stereocenters. The van der Waals surface area contributed by atoms with Gasteiger partial charge in [-0.1, -0.05) is 30.0 Å². The zero-order valence-corrected chi connectivity index (χ0v) is 11.1. The van der Waals surface area contributed by atoms with E-state index in [4.69, 9.17) is 11.6 Å². The van der Waals surface area contributed by atoms with Crippen LogP contribution in [0.25, 0.3) is 11.0 Å². The lowest BCUT2D eigenvalue weighted by Crippen LogP contribution is -1.88. The second kappa shape index (κ2) is 4.59. The normalized spacial score (nSPS) is 11.0. The molecule has 90 valence electrons. The van der Waals surface area contributed by atoms with Crippen LogP contribution in [-0.2, 0) is 0 Å². The first kappa shape index (κ1) is 11.5. The average molecular weight is 277 g/mol. The van der Waals surface area contributed by atoms with Crippen LogP contribution in [0.3, 0.4) is 0 Å². The molecule has 0 atom stereocenters. The number of rotatable bonds is 2. The maximum absolute atomic E-state index is 5.90. The lowest BCUT2D eigenvalue weighted by molar-refractivity contribution is 1.07. The summed E-state index contributed by atoms with van der Waals surface area (Å²) < 4.78 is 0. The predicted octanol–water partition coefficient (Wildman–Crippen LogP) is 3.47. The number of hydrogen-bond acceptors (Lipinski definition) is 4. The lowest BCUT2D eigenvalue weighted by Gasteiger charge is -2.05. The number of aromatic nitrogens is 4. The summed E-state index contributed by atoms with van der Waals surface area (Å²) in [7, 11) is 0. The highest BCUT2D eigenvalue weighted by molar-refractivity contribution is 7.99. The Kier molecular flexibility index (Phi) is 2.93. The van der Waals surface area contributed by atoms with Crippen molar-refractivity contribution in [1.82, 2.24) is 20.2 Å². The van der Waals surface area contributed by atoms with Crippen LogP contribution in [0, 0.1) is 6.92 Å². The van der Waals surface area contributed by atoms with Crippen LogP contribution in [0.1, 0.15) is 5.56 Å². The Morgan fingerprint density at radius 2 is 2.06 bits per heavy atom. The molecule has 0 saturated heterocycles. The van der Waals surface area contributed by atoms with E-state index in [1.54, 1.807) is 18.0 Å². The Bertz CT molecular complexity index is 710. The lowest BCUT2D eigenvalue weighted by atomic mass is 10.2. The molecule has 3 aromatic rings. The smallest absolute Gasteiger partial charge is 0.225 e. The van der Waals surface area contributed by atoms with Crippen molar-refractivity contribution in [1.29, 1.82) is 0 Å². The van der Waals surface area contributed by atoms with Gasteiger partial charge in [0.05, 0.1) is 11.6 Å². The van der Waals surface area contributed by atoms with Crippen molar-refractivity contribution in [2.75, 3.05) is 0 Å². The van der Waals surface area contributed by atoms with Gasteiger partial charge in [0.1, 0.15) is 5.03 Å². The summed E-state index contributed by atoms with van der Waals surface area (Å²) in [4.78, 5) is 9.50. The number of nitrogens with one attached hydrogen (secondary N) is 1. The molecule has 6 heteroatoms. The van der Waals surface area contributed by atoms with Gasteiger partial charge >= 0.3 is 0 Å². The number of H-pyrrole nitrogens is 1. The SMILES string of the molecule is Cc1ccccc1Sc1nc(Cl)nc2[nH]ncc12. The fourth-order valence-corrected chi connectivity index (χ4v) is 2.83. The van der Waals surface area contributed by atoms with Crippen molar-refractivity contribution in [3.8, 4) is 0 Å². The van der Waals surface area contributed by atoms with Crippen LogP contribution in [0.2, 0.25) is 5.28 Å². The van der Waals surface area contributed by atoms with Crippen LogP contribution in [0.5, 0.6) is 0 Å². The monoisotopic (exact) mass is 276 g/mol. The minimum absolute atomic E-state index is 0.225.